The van der Waals surface area contributed by atoms with Gasteiger partial charge in [-0.15, -0.1) is 0 Å². The van der Waals surface area contributed by atoms with Gasteiger partial charge in [0.25, 0.3) is 0 Å². The van der Waals surface area contributed by atoms with Crippen LogP contribution in [-0.2, 0) is 4.79 Å². The molecule has 0 aromatic heterocycles. The van der Waals surface area contributed by atoms with Gasteiger partial charge in [-0.1, -0.05) is 20.8 Å². The van der Waals surface area contributed by atoms with Gasteiger partial charge in [-0.3, -0.25) is 4.79 Å². The molecule has 0 saturated carbocycles. The highest BCUT2D eigenvalue weighted by atomic mass is 16.1. The minimum atomic E-state index is 0.0556. The molecule has 0 aliphatic rings. The summed E-state index contributed by atoms with van der Waals surface area (Å²) in [5.41, 5.74) is 0. The summed E-state index contributed by atoms with van der Waals surface area (Å²) < 4.78 is 0. The topological polar surface area (TPSA) is 29.1 Å². The third kappa shape index (κ3) is 3.62. The maximum absolute atomic E-state index is 10.8. The van der Waals surface area contributed by atoms with Crippen molar-refractivity contribution in [3.05, 3.63) is 0 Å². The third-order valence-corrected chi connectivity index (χ3v) is 1.43. The Kier molecular flexibility index (Phi) is 4.28. The van der Waals surface area contributed by atoms with Crippen molar-refractivity contribution < 1.29 is 4.79 Å². The highest BCUT2D eigenvalue weighted by Gasteiger charge is 2.10. The summed E-state index contributed by atoms with van der Waals surface area (Å²) in [6.07, 6.45) is 0.882. The van der Waals surface area contributed by atoms with Crippen LogP contribution in [-0.4, -0.2) is 17.9 Å². The van der Waals surface area contributed by atoms with Gasteiger partial charge in [-0.05, 0) is 13.3 Å². The molecule has 0 aromatic rings. The molecule has 0 aromatic carbocycles. The molecule has 1 N–H and O–H groups in total. The average Bonchev–Trinajstić information content (AvgIpc) is 1.81. The van der Waals surface area contributed by atoms with Crippen molar-refractivity contribution in [2.24, 2.45) is 0 Å². The van der Waals surface area contributed by atoms with Gasteiger partial charge < -0.3 is 5.32 Å². The van der Waals surface area contributed by atoms with Crippen LogP contribution in [0.3, 0.4) is 0 Å². The summed E-state index contributed by atoms with van der Waals surface area (Å²) in [5.74, 6) is 0.233. The molecule has 0 aliphatic carbocycles. The van der Waals surface area contributed by atoms with E-state index in [-0.39, 0.29) is 11.8 Å². The molecule has 2 nitrogen and oxygen atoms in total. The van der Waals surface area contributed by atoms with Crippen molar-refractivity contribution in [1.82, 2.24) is 5.32 Å². The van der Waals surface area contributed by atoms with E-state index in [9.17, 15) is 4.79 Å². The van der Waals surface area contributed by atoms with E-state index < -0.39 is 0 Å². The average molecular weight is 143 g/mol. The van der Waals surface area contributed by atoms with E-state index in [0.717, 1.165) is 6.42 Å². The number of ketones is 1. The molecule has 0 saturated heterocycles. The normalized spacial score (nSPS) is 13.7. The minimum Gasteiger partial charge on any atom is -0.305 e. The molecular weight excluding hydrogens is 126 g/mol. The highest BCUT2D eigenvalue weighted by molar-refractivity contribution is 5.81. The lowest BCUT2D eigenvalue weighted by molar-refractivity contribution is -0.119. The van der Waals surface area contributed by atoms with Crippen molar-refractivity contribution >= 4 is 5.78 Å². The first kappa shape index (κ1) is 9.63. The summed E-state index contributed by atoms with van der Waals surface area (Å²) in [6.45, 7) is 7.74. The first-order chi connectivity index (χ1) is 4.57. The fraction of sp³-hybridized carbons (Fsp3) is 0.875. The molecule has 60 valence electrons. The van der Waals surface area contributed by atoms with E-state index in [0.29, 0.717) is 6.04 Å². The van der Waals surface area contributed by atoms with Gasteiger partial charge in [0.2, 0.25) is 0 Å². The number of hydrogen-bond donors (Lipinski definition) is 1. The molecule has 0 bridgehead atoms. The van der Waals surface area contributed by atoms with Crippen LogP contribution >= 0.6 is 0 Å². The zero-order valence-corrected chi connectivity index (χ0v) is 7.27. The fourth-order valence-electron chi connectivity index (χ4n) is 0.925. The standard InChI is InChI=1S/C8H17NO/c1-5-8(7(4)10)9-6(2)3/h6,8-9H,5H2,1-4H3. The Hall–Kier alpha value is -0.370. The second-order valence-corrected chi connectivity index (χ2v) is 2.89. The molecule has 0 heterocycles. The van der Waals surface area contributed by atoms with E-state index in [1.54, 1.807) is 6.92 Å². The summed E-state index contributed by atoms with van der Waals surface area (Å²) in [4.78, 5) is 10.8. The van der Waals surface area contributed by atoms with Crippen LogP contribution in [0.5, 0.6) is 0 Å². The van der Waals surface area contributed by atoms with Crippen LogP contribution in [0.2, 0.25) is 0 Å². The molecule has 0 amide bonds. The van der Waals surface area contributed by atoms with E-state index in [2.05, 4.69) is 5.32 Å². The monoisotopic (exact) mass is 143 g/mol. The molecule has 0 radical (unpaired) electrons. The number of hydrogen-bond acceptors (Lipinski definition) is 2. The predicted molar refractivity (Wildman–Crippen MR) is 43.0 cm³/mol. The van der Waals surface area contributed by atoms with Crippen LogP contribution < -0.4 is 5.32 Å². The number of Topliss-reactive ketones (excluding diaryl/α,β-unsaturated/α-hetero) is 1. The second-order valence-electron chi connectivity index (χ2n) is 2.89. The number of rotatable bonds is 4. The molecule has 0 rings (SSSR count). The smallest absolute Gasteiger partial charge is 0.146 e. The third-order valence-electron chi connectivity index (χ3n) is 1.43. The zero-order valence-electron chi connectivity index (χ0n) is 7.27. The molecule has 10 heavy (non-hydrogen) atoms. The van der Waals surface area contributed by atoms with Crippen LogP contribution in [0.15, 0.2) is 0 Å². The Morgan fingerprint density at radius 1 is 1.50 bits per heavy atom. The molecule has 1 unspecified atom stereocenters. The molecule has 0 fully saturated rings. The first-order valence-electron chi connectivity index (χ1n) is 3.84. The quantitative estimate of drug-likeness (QED) is 0.643. The molecular formula is C8H17NO. The lowest BCUT2D eigenvalue weighted by atomic mass is 10.1. The zero-order chi connectivity index (χ0) is 8.15. The predicted octanol–water partition coefficient (Wildman–Crippen LogP) is 1.35. The Bertz CT molecular complexity index is 110. The van der Waals surface area contributed by atoms with Gasteiger partial charge in [0.15, 0.2) is 0 Å². The van der Waals surface area contributed by atoms with Crippen LogP contribution in [0.25, 0.3) is 0 Å². The Labute approximate surface area is 63.0 Å². The molecule has 0 aliphatic heterocycles. The van der Waals surface area contributed by atoms with Crippen molar-refractivity contribution in [3.63, 3.8) is 0 Å². The molecule has 0 spiro atoms. The van der Waals surface area contributed by atoms with E-state index in [1.807, 2.05) is 20.8 Å². The van der Waals surface area contributed by atoms with Gasteiger partial charge in [-0.2, -0.15) is 0 Å². The Morgan fingerprint density at radius 3 is 2.10 bits per heavy atom. The van der Waals surface area contributed by atoms with Gasteiger partial charge in [0, 0.05) is 6.04 Å². The van der Waals surface area contributed by atoms with Gasteiger partial charge in [0.05, 0.1) is 6.04 Å². The van der Waals surface area contributed by atoms with Crippen LogP contribution in [0, 0.1) is 0 Å². The summed E-state index contributed by atoms with van der Waals surface area (Å²) in [6, 6.07) is 0.453. The maximum Gasteiger partial charge on any atom is 0.146 e. The van der Waals surface area contributed by atoms with Gasteiger partial charge in [0.1, 0.15) is 5.78 Å². The van der Waals surface area contributed by atoms with E-state index >= 15 is 0 Å². The first-order valence-corrected chi connectivity index (χ1v) is 3.84. The number of nitrogens with one attached hydrogen (secondary N) is 1. The molecule has 1 atom stereocenters. The van der Waals surface area contributed by atoms with Crippen LogP contribution in [0.1, 0.15) is 34.1 Å². The van der Waals surface area contributed by atoms with Crippen molar-refractivity contribution in [2.45, 2.75) is 46.2 Å². The maximum atomic E-state index is 10.8. The van der Waals surface area contributed by atoms with Crippen LogP contribution in [0.4, 0.5) is 0 Å². The Morgan fingerprint density at radius 2 is 2.00 bits per heavy atom. The number of carbonyl (C=O) groups excluding carboxylic acids is 1. The summed E-state index contributed by atoms with van der Waals surface area (Å²) in [5, 5.41) is 3.18. The summed E-state index contributed by atoms with van der Waals surface area (Å²) in [7, 11) is 0. The summed E-state index contributed by atoms with van der Waals surface area (Å²) >= 11 is 0. The van der Waals surface area contributed by atoms with E-state index in [4.69, 9.17) is 0 Å². The SMILES string of the molecule is CCC(NC(C)C)C(C)=O. The van der Waals surface area contributed by atoms with Gasteiger partial charge >= 0.3 is 0 Å². The fourth-order valence-corrected chi connectivity index (χ4v) is 0.925. The van der Waals surface area contributed by atoms with Crippen molar-refractivity contribution in [3.8, 4) is 0 Å². The van der Waals surface area contributed by atoms with Crippen molar-refractivity contribution in [2.75, 3.05) is 0 Å². The number of carbonyl (C=O) groups is 1. The van der Waals surface area contributed by atoms with Crippen molar-refractivity contribution in [1.29, 1.82) is 0 Å². The molecule has 2 heteroatoms. The Balaban J connectivity index is 3.72. The lowest BCUT2D eigenvalue weighted by Crippen LogP contribution is -2.39. The second kappa shape index (κ2) is 4.45. The minimum absolute atomic E-state index is 0.0556. The largest absolute Gasteiger partial charge is 0.305 e. The van der Waals surface area contributed by atoms with E-state index in [1.165, 1.54) is 0 Å². The lowest BCUT2D eigenvalue weighted by Gasteiger charge is -2.16. The van der Waals surface area contributed by atoms with Gasteiger partial charge in [-0.25, -0.2) is 0 Å². The highest BCUT2D eigenvalue weighted by Crippen LogP contribution is 1.93.